The number of nitrogens with one attached hydrogen (secondary N) is 3. The number of benzene rings is 3. The van der Waals surface area contributed by atoms with Crippen molar-refractivity contribution in [3.05, 3.63) is 66.7 Å². The van der Waals surface area contributed by atoms with Crippen LogP contribution in [0.5, 0.6) is 11.5 Å². The molecule has 0 atom stereocenters. The lowest BCUT2D eigenvalue weighted by atomic mass is 10.2. The number of ether oxygens (including phenoxy) is 3. The highest BCUT2D eigenvalue weighted by molar-refractivity contribution is 7.92. The molecular weight excluding hydrogens is 548 g/mol. The Morgan fingerprint density at radius 2 is 1.54 bits per heavy atom. The Balaban J connectivity index is 1.41. The summed E-state index contributed by atoms with van der Waals surface area (Å²) >= 11 is 0. The van der Waals surface area contributed by atoms with Gasteiger partial charge < -0.3 is 24.8 Å². The summed E-state index contributed by atoms with van der Waals surface area (Å²) in [5.74, 6) is 1.00. The van der Waals surface area contributed by atoms with Crippen molar-refractivity contribution in [2.75, 3.05) is 62.4 Å². The fraction of sp³-hybridized carbons (Fsp3) is 0.250. The summed E-state index contributed by atoms with van der Waals surface area (Å²) in [6.45, 7) is 2.67. The third kappa shape index (κ3) is 7.01. The van der Waals surface area contributed by atoms with Crippen LogP contribution in [0.25, 0.3) is 11.0 Å². The van der Waals surface area contributed by atoms with Gasteiger partial charge in [0.25, 0.3) is 10.0 Å². The summed E-state index contributed by atoms with van der Waals surface area (Å²) in [4.78, 5) is 23.7. The number of morpholine rings is 1. The molecule has 1 saturated heterocycles. The van der Waals surface area contributed by atoms with Gasteiger partial charge in [0.15, 0.2) is 11.6 Å². The second kappa shape index (κ2) is 12.4. The van der Waals surface area contributed by atoms with Crippen LogP contribution in [-0.4, -0.2) is 76.3 Å². The molecule has 4 aromatic rings. The maximum absolute atomic E-state index is 13.5. The van der Waals surface area contributed by atoms with Gasteiger partial charge in [0.1, 0.15) is 11.5 Å². The number of para-hydroxylation sites is 2. The van der Waals surface area contributed by atoms with Crippen molar-refractivity contribution in [2.45, 2.75) is 4.90 Å². The highest BCUT2D eigenvalue weighted by atomic mass is 32.2. The van der Waals surface area contributed by atoms with Gasteiger partial charge in [0.2, 0.25) is 5.91 Å². The van der Waals surface area contributed by atoms with Crippen molar-refractivity contribution >= 4 is 50.0 Å². The van der Waals surface area contributed by atoms with Crippen LogP contribution in [0.2, 0.25) is 0 Å². The highest BCUT2D eigenvalue weighted by Crippen LogP contribution is 2.31. The molecule has 0 aliphatic carbocycles. The number of hydrogen-bond acceptors (Lipinski definition) is 10. The van der Waals surface area contributed by atoms with Crippen molar-refractivity contribution < 1.29 is 27.4 Å². The molecular formula is C28H30N6O6S. The van der Waals surface area contributed by atoms with E-state index in [0.717, 1.165) is 0 Å². The molecule has 0 radical (unpaired) electrons. The largest absolute Gasteiger partial charge is 0.497 e. The Hall–Kier alpha value is -4.46. The molecule has 13 heteroatoms. The molecule has 1 aliphatic heterocycles. The Kier molecular flexibility index (Phi) is 8.47. The van der Waals surface area contributed by atoms with E-state index in [0.29, 0.717) is 60.2 Å². The second-order valence-corrected chi connectivity index (χ2v) is 10.9. The molecule has 3 N–H and O–H groups in total. The Morgan fingerprint density at radius 3 is 2.20 bits per heavy atom. The van der Waals surface area contributed by atoms with Crippen molar-refractivity contribution in [3.8, 4) is 11.5 Å². The minimum atomic E-state index is -4.13. The van der Waals surface area contributed by atoms with Crippen molar-refractivity contribution in [1.29, 1.82) is 0 Å². The number of rotatable bonds is 10. The lowest BCUT2D eigenvalue weighted by molar-refractivity contribution is -0.118. The van der Waals surface area contributed by atoms with E-state index >= 15 is 0 Å². The number of carbonyl (C=O) groups is 1. The molecule has 0 unspecified atom stereocenters. The van der Waals surface area contributed by atoms with Crippen molar-refractivity contribution in [3.63, 3.8) is 0 Å². The summed E-state index contributed by atoms with van der Waals surface area (Å²) in [7, 11) is -1.06. The van der Waals surface area contributed by atoms with Crippen LogP contribution in [0, 0.1) is 0 Å². The van der Waals surface area contributed by atoms with E-state index in [9.17, 15) is 13.2 Å². The summed E-state index contributed by atoms with van der Waals surface area (Å²) < 4.78 is 45.6. The maximum atomic E-state index is 13.5. The van der Waals surface area contributed by atoms with Gasteiger partial charge >= 0.3 is 0 Å². The van der Waals surface area contributed by atoms with Crippen LogP contribution in [-0.2, 0) is 19.6 Å². The fourth-order valence-electron chi connectivity index (χ4n) is 4.26. The second-order valence-electron chi connectivity index (χ2n) is 9.21. The molecule has 41 heavy (non-hydrogen) atoms. The number of carbonyl (C=O) groups excluding carboxylic acids is 1. The third-order valence-corrected chi connectivity index (χ3v) is 7.65. The lowest BCUT2D eigenvalue weighted by Gasteiger charge is -2.25. The number of fused-ring (bicyclic) bond motifs is 1. The van der Waals surface area contributed by atoms with Crippen LogP contribution in [0.4, 0.5) is 23.0 Å². The number of anilines is 4. The molecule has 0 bridgehead atoms. The summed E-state index contributed by atoms with van der Waals surface area (Å²) in [5, 5.41) is 5.91. The number of nitrogens with zero attached hydrogens (tertiary/aromatic N) is 3. The molecule has 12 nitrogen and oxygen atoms in total. The monoisotopic (exact) mass is 578 g/mol. The average Bonchev–Trinajstić information content (AvgIpc) is 2.97. The number of hydrogen-bond donors (Lipinski definition) is 3. The minimum absolute atomic E-state index is 0.00718. The molecule has 0 spiro atoms. The number of methoxy groups -OCH3 is 2. The zero-order valence-electron chi connectivity index (χ0n) is 22.6. The van der Waals surface area contributed by atoms with Crippen LogP contribution < -0.4 is 24.8 Å². The lowest BCUT2D eigenvalue weighted by Crippen LogP contribution is -2.41. The number of amides is 1. The van der Waals surface area contributed by atoms with Gasteiger partial charge in [-0.25, -0.2) is 18.4 Å². The Labute approximate surface area is 237 Å². The summed E-state index contributed by atoms with van der Waals surface area (Å²) in [6, 6.07) is 18.3. The highest BCUT2D eigenvalue weighted by Gasteiger charge is 2.21. The molecule has 0 saturated carbocycles. The summed E-state index contributed by atoms with van der Waals surface area (Å²) in [5.41, 5.74) is 1.98. The van der Waals surface area contributed by atoms with E-state index in [2.05, 4.69) is 25.3 Å². The molecule has 2 heterocycles. The van der Waals surface area contributed by atoms with Crippen molar-refractivity contribution in [1.82, 2.24) is 14.9 Å². The van der Waals surface area contributed by atoms with Gasteiger partial charge in [-0.1, -0.05) is 18.2 Å². The van der Waals surface area contributed by atoms with E-state index in [-0.39, 0.29) is 29.0 Å². The Morgan fingerprint density at radius 1 is 0.878 bits per heavy atom. The van der Waals surface area contributed by atoms with E-state index in [1.54, 1.807) is 48.5 Å². The number of sulfonamides is 1. The smallest absolute Gasteiger partial charge is 0.263 e. The predicted octanol–water partition coefficient (Wildman–Crippen LogP) is 3.46. The normalized spacial score (nSPS) is 13.9. The van der Waals surface area contributed by atoms with Gasteiger partial charge in [0, 0.05) is 42.7 Å². The van der Waals surface area contributed by atoms with Gasteiger partial charge in [0.05, 0.1) is 49.9 Å². The molecule has 1 aromatic heterocycles. The number of aromatic nitrogens is 2. The minimum Gasteiger partial charge on any atom is -0.497 e. The van der Waals surface area contributed by atoms with Crippen LogP contribution in [0.3, 0.4) is 0 Å². The van der Waals surface area contributed by atoms with E-state index < -0.39 is 10.0 Å². The molecule has 214 valence electrons. The van der Waals surface area contributed by atoms with Gasteiger partial charge in [-0.3, -0.25) is 14.4 Å². The van der Waals surface area contributed by atoms with E-state index in [1.165, 1.54) is 26.4 Å². The Bertz CT molecular complexity index is 1640. The zero-order chi connectivity index (χ0) is 28.8. The first-order valence-electron chi connectivity index (χ1n) is 12.8. The zero-order valence-corrected chi connectivity index (χ0v) is 23.4. The van der Waals surface area contributed by atoms with Crippen LogP contribution >= 0.6 is 0 Å². The first-order valence-corrected chi connectivity index (χ1v) is 14.3. The van der Waals surface area contributed by atoms with Gasteiger partial charge in [-0.05, 0) is 30.3 Å². The fourth-order valence-corrected chi connectivity index (χ4v) is 5.32. The maximum Gasteiger partial charge on any atom is 0.263 e. The topological polar surface area (TPSA) is 144 Å². The van der Waals surface area contributed by atoms with E-state index in [1.807, 2.05) is 11.0 Å². The van der Waals surface area contributed by atoms with Crippen LogP contribution in [0.15, 0.2) is 71.6 Å². The molecule has 5 rings (SSSR count). The van der Waals surface area contributed by atoms with Gasteiger partial charge in [-0.2, -0.15) is 0 Å². The van der Waals surface area contributed by atoms with Gasteiger partial charge in [-0.15, -0.1) is 0 Å². The molecule has 1 amide bonds. The predicted molar refractivity (Wildman–Crippen MR) is 156 cm³/mol. The van der Waals surface area contributed by atoms with Crippen molar-refractivity contribution in [2.24, 2.45) is 0 Å². The van der Waals surface area contributed by atoms with Crippen LogP contribution in [0.1, 0.15) is 0 Å². The first-order chi connectivity index (χ1) is 19.8. The standard InChI is InChI=1S/C28H30N6O6S/c1-38-21-14-20(15-22(17-21)39-2)30-27-28(32-25-9-4-3-8-24(25)31-27)33-41(36,37)23-7-5-6-19(16-23)29-26(35)18-34-10-12-40-13-11-34/h3-9,14-17H,10-13,18H2,1-2H3,(H,29,35)(H,30,31)(H,32,33). The third-order valence-electron chi connectivity index (χ3n) is 6.31. The molecule has 1 aliphatic rings. The average molecular weight is 579 g/mol. The molecule has 3 aromatic carbocycles. The SMILES string of the molecule is COc1cc(Nc2nc3ccccc3nc2NS(=O)(=O)c2cccc(NC(=O)CN3CCOCC3)c2)cc(OC)c1. The quantitative estimate of drug-likeness (QED) is 0.256. The van der Waals surface area contributed by atoms with E-state index in [4.69, 9.17) is 14.2 Å². The molecule has 1 fully saturated rings. The summed E-state index contributed by atoms with van der Waals surface area (Å²) in [6.07, 6.45) is 0. The first kappa shape index (κ1) is 28.1.